The van der Waals surface area contributed by atoms with Gasteiger partial charge in [0.2, 0.25) is 5.43 Å². The lowest BCUT2D eigenvalue weighted by atomic mass is 10.3. The van der Waals surface area contributed by atoms with Crippen molar-refractivity contribution in [1.29, 1.82) is 0 Å². The molecule has 2 rings (SSSR count). The van der Waals surface area contributed by atoms with Crippen molar-refractivity contribution in [3.63, 3.8) is 0 Å². The number of carbonyl (C=O) groups is 1. The first-order chi connectivity index (χ1) is 6.83. The first-order valence-corrected chi connectivity index (χ1v) is 3.90. The Morgan fingerprint density at radius 1 is 1.43 bits per heavy atom. The van der Waals surface area contributed by atoms with Gasteiger partial charge >= 0.3 is 6.47 Å². The number of carbonyl (C=O) groups excluding carboxylic acids is 1. The van der Waals surface area contributed by atoms with Crippen molar-refractivity contribution >= 4 is 17.5 Å². The van der Waals surface area contributed by atoms with Crippen LogP contribution in [0.25, 0.3) is 11.0 Å². The largest absolute Gasteiger partial charge is 0.340 e. The van der Waals surface area contributed by atoms with Crippen LogP contribution in [0.4, 0.5) is 0 Å². The van der Waals surface area contributed by atoms with E-state index in [1.54, 1.807) is 12.1 Å². The van der Waals surface area contributed by atoms with Crippen LogP contribution in [0.3, 0.4) is 0 Å². The van der Waals surface area contributed by atoms with Crippen LogP contribution in [-0.4, -0.2) is 16.2 Å². The summed E-state index contributed by atoms with van der Waals surface area (Å²) in [7, 11) is 0. The monoisotopic (exact) mass is 190 g/mol. The molecule has 0 unspecified atom stereocenters. The number of fused-ring (bicyclic) bond motifs is 1. The number of rotatable bonds is 2. The van der Waals surface area contributed by atoms with E-state index in [1.165, 1.54) is 23.2 Å². The Balaban J connectivity index is 2.81. The third kappa shape index (κ3) is 1.24. The Morgan fingerprint density at radius 2 is 2.29 bits per heavy atom. The van der Waals surface area contributed by atoms with Gasteiger partial charge in [-0.3, -0.25) is 14.6 Å². The van der Waals surface area contributed by atoms with Crippen molar-refractivity contribution in [2.24, 2.45) is 0 Å². The molecule has 5 nitrogen and oxygen atoms in total. The average Bonchev–Trinajstić information content (AvgIpc) is 2.23. The summed E-state index contributed by atoms with van der Waals surface area (Å²) < 4.78 is 1.19. The molecule has 0 aliphatic heterocycles. The van der Waals surface area contributed by atoms with E-state index in [0.29, 0.717) is 5.52 Å². The van der Waals surface area contributed by atoms with Gasteiger partial charge in [-0.25, -0.2) is 0 Å². The maximum Gasteiger partial charge on any atom is 0.321 e. The molecule has 2 aromatic heterocycles. The number of aromatic nitrogens is 2. The van der Waals surface area contributed by atoms with Crippen LogP contribution in [-0.2, 0) is 4.79 Å². The first kappa shape index (κ1) is 8.43. The SMILES string of the molecule is O=COn1ccc(=O)c2ncccc21. The summed E-state index contributed by atoms with van der Waals surface area (Å²) in [5.74, 6) is 0. The Kier molecular flexibility index (Phi) is 1.98. The van der Waals surface area contributed by atoms with Gasteiger partial charge in [-0.05, 0) is 12.1 Å². The highest BCUT2D eigenvalue weighted by Gasteiger charge is 2.02. The second kappa shape index (κ2) is 3.29. The van der Waals surface area contributed by atoms with Gasteiger partial charge in [0.1, 0.15) is 11.0 Å². The molecule has 0 saturated heterocycles. The van der Waals surface area contributed by atoms with Gasteiger partial charge in [0.05, 0.1) is 0 Å². The van der Waals surface area contributed by atoms with E-state index in [0.717, 1.165) is 0 Å². The Hall–Kier alpha value is -2.17. The van der Waals surface area contributed by atoms with E-state index in [1.807, 2.05) is 0 Å². The second-order valence-corrected chi connectivity index (χ2v) is 2.58. The Bertz CT molecular complexity index is 533. The molecule has 14 heavy (non-hydrogen) atoms. The quantitative estimate of drug-likeness (QED) is 0.624. The van der Waals surface area contributed by atoms with Gasteiger partial charge in [0, 0.05) is 18.5 Å². The predicted molar refractivity (Wildman–Crippen MR) is 48.6 cm³/mol. The molecule has 0 aromatic carbocycles. The second-order valence-electron chi connectivity index (χ2n) is 2.58. The summed E-state index contributed by atoms with van der Waals surface area (Å²) in [6, 6.07) is 4.60. The minimum Gasteiger partial charge on any atom is -0.340 e. The molecule has 0 N–H and O–H groups in total. The molecule has 0 saturated carbocycles. The number of nitrogens with zero attached hydrogens (tertiary/aromatic N) is 2. The minimum absolute atomic E-state index is 0.202. The van der Waals surface area contributed by atoms with E-state index >= 15 is 0 Å². The van der Waals surface area contributed by atoms with Crippen molar-refractivity contribution in [3.8, 4) is 0 Å². The lowest BCUT2D eigenvalue weighted by molar-refractivity contribution is -0.128. The molecule has 0 spiro atoms. The molecular formula is C9H6N2O3. The molecule has 0 radical (unpaired) electrons. The highest BCUT2D eigenvalue weighted by atomic mass is 16.7. The van der Waals surface area contributed by atoms with Crippen LogP contribution < -0.4 is 10.3 Å². The van der Waals surface area contributed by atoms with Crippen LogP contribution in [0.5, 0.6) is 0 Å². The minimum atomic E-state index is -0.202. The third-order valence-electron chi connectivity index (χ3n) is 1.78. The zero-order valence-electron chi connectivity index (χ0n) is 7.08. The van der Waals surface area contributed by atoms with Gasteiger partial charge in [0.15, 0.2) is 0 Å². The average molecular weight is 190 g/mol. The van der Waals surface area contributed by atoms with Crippen LogP contribution in [0, 0.1) is 0 Å². The Morgan fingerprint density at radius 3 is 3.07 bits per heavy atom. The summed E-state index contributed by atoms with van der Waals surface area (Å²) >= 11 is 0. The molecule has 0 atom stereocenters. The highest BCUT2D eigenvalue weighted by molar-refractivity contribution is 5.73. The van der Waals surface area contributed by atoms with Crippen LogP contribution >= 0.6 is 0 Å². The predicted octanol–water partition coefficient (Wildman–Crippen LogP) is -0.0185. The number of hydrogen-bond acceptors (Lipinski definition) is 4. The summed E-state index contributed by atoms with van der Waals surface area (Å²) in [6.07, 6.45) is 2.88. The molecule has 0 aliphatic carbocycles. The van der Waals surface area contributed by atoms with Gasteiger partial charge in [-0.2, -0.15) is 4.73 Å². The maximum absolute atomic E-state index is 11.3. The van der Waals surface area contributed by atoms with E-state index in [2.05, 4.69) is 9.82 Å². The van der Waals surface area contributed by atoms with Crippen molar-refractivity contribution in [2.45, 2.75) is 0 Å². The van der Waals surface area contributed by atoms with Gasteiger partial charge in [0.25, 0.3) is 0 Å². The first-order valence-electron chi connectivity index (χ1n) is 3.90. The van der Waals surface area contributed by atoms with E-state index < -0.39 is 0 Å². The van der Waals surface area contributed by atoms with E-state index in [9.17, 15) is 9.59 Å². The standard InChI is InChI=1S/C9H6N2O3/c12-6-14-11-5-3-8(13)9-7(11)2-1-4-10-9/h1-6H. The molecule has 0 fully saturated rings. The highest BCUT2D eigenvalue weighted by Crippen LogP contribution is 2.03. The van der Waals surface area contributed by atoms with E-state index in [4.69, 9.17) is 0 Å². The third-order valence-corrected chi connectivity index (χ3v) is 1.78. The normalized spacial score (nSPS) is 10.0. The summed E-state index contributed by atoms with van der Waals surface area (Å²) in [5.41, 5.74) is 0.537. The van der Waals surface area contributed by atoms with Crippen LogP contribution in [0.1, 0.15) is 0 Å². The lowest BCUT2D eigenvalue weighted by Crippen LogP contribution is -2.14. The van der Waals surface area contributed by atoms with Gasteiger partial charge in [-0.15, -0.1) is 0 Å². The topological polar surface area (TPSA) is 61.2 Å². The fraction of sp³-hybridized carbons (Fsp3) is 0. The molecule has 2 heterocycles. The molecule has 5 heteroatoms. The number of pyridine rings is 2. The fourth-order valence-corrected chi connectivity index (χ4v) is 1.20. The molecule has 0 bridgehead atoms. The molecule has 0 amide bonds. The van der Waals surface area contributed by atoms with Crippen molar-refractivity contribution in [2.75, 3.05) is 0 Å². The lowest BCUT2D eigenvalue weighted by Gasteiger charge is -2.04. The molecular weight excluding hydrogens is 184 g/mol. The summed E-state index contributed by atoms with van der Waals surface area (Å²) in [6.45, 7) is 0.289. The fourth-order valence-electron chi connectivity index (χ4n) is 1.20. The van der Waals surface area contributed by atoms with Crippen molar-refractivity contribution < 1.29 is 9.63 Å². The van der Waals surface area contributed by atoms with Crippen molar-refractivity contribution in [3.05, 3.63) is 40.8 Å². The number of hydrogen-bond donors (Lipinski definition) is 0. The maximum atomic E-state index is 11.3. The zero-order valence-corrected chi connectivity index (χ0v) is 7.08. The Labute approximate surface area is 78.5 Å². The summed E-state index contributed by atoms with van der Waals surface area (Å²) in [4.78, 5) is 30.0. The van der Waals surface area contributed by atoms with Crippen molar-refractivity contribution in [1.82, 2.24) is 9.71 Å². The van der Waals surface area contributed by atoms with Crippen LogP contribution in [0.15, 0.2) is 35.4 Å². The summed E-state index contributed by atoms with van der Waals surface area (Å²) in [5, 5.41) is 0. The molecule has 0 aliphatic rings. The van der Waals surface area contributed by atoms with Gasteiger partial charge < -0.3 is 4.84 Å². The zero-order chi connectivity index (χ0) is 9.97. The van der Waals surface area contributed by atoms with E-state index in [-0.39, 0.29) is 17.4 Å². The van der Waals surface area contributed by atoms with Crippen LogP contribution in [0.2, 0.25) is 0 Å². The molecule has 2 aromatic rings. The molecule has 70 valence electrons. The van der Waals surface area contributed by atoms with Gasteiger partial charge in [-0.1, -0.05) is 0 Å². The smallest absolute Gasteiger partial charge is 0.321 e.